The number of rotatable bonds is 4. The second-order valence-electron chi connectivity index (χ2n) is 8.44. The zero-order valence-electron chi connectivity index (χ0n) is 18.2. The third-order valence-electron chi connectivity index (χ3n) is 6.33. The number of anilines is 2. The Morgan fingerprint density at radius 3 is 2.72 bits per heavy atom. The van der Waals surface area contributed by atoms with E-state index in [1.165, 1.54) is 39.5 Å². The molecule has 0 spiro atoms. The number of fused-ring (bicyclic) bond motifs is 3. The van der Waals surface area contributed by atoms with E-state index < -0.39 is 0 Å². The number of carbonyl (C=O) groups excluding carboxylic acids is 2. The average molecular weight is 470 g/mol. The van der Waals surface area contributed by atoms with Gasteiger partial charge in [-0.1, -0.05) is 6.42 Å². The molecule has 0 bridgehead atoms. The van der Waals surface area contributed by atoms with Crippen LogP contribution in [0.25, 0.3) is 10.2 Å². The zero-order valence-corrected chi connectivity index (χ0v) is 19.8. The Balaban J connectivity index is 1.49. The Hall–Kier alpha value is -2.45. The van der Waals surface area contributed by atoms with Crippen molar-refractivity contribution in [2.24, 2.45) is 0 Å². The van der Waals surface area contributed by atoms with Crippen molar-refractivity contribution in [3.8, 4) is 0 Å². The number of nitrogens with two attached hydrogens (primary N) is 1. The van der Waals surface area contributed by atoms with E-state index in [2.05, 4.69) is 11.4 Å². The highest BCUT2D eigenvalue weighted by molar-refractivity contribution is 7.21. The Morgan fingerprint density at radius 2 is 1.88 bits per heavy atom. The van der Waals surface area contributed by atoms with Crippen LogP contribution in [0.4, 0.5) is 10.7 Å². The number of hydrogen-bond donors (Lipinski definition) is 2. The minimum Gasteiger partial charge on any atom is -0.462 e. The summed E-state index contributed by atoms with van der Waals surface area (Å²) in [4.78, 5) is 33.3. The van der Waals surface area contributed by atoms with Crippen LogP contribution in [0.1, 0.15) is 80.8 Å². The second kappa shape index (κ2) is 8.83. The molecule has 0 aliphatic heterocycles. The Labute approximate surface area is 195 Å². The molecule has 3 aromatic heterocycles. The smallest absolute Gasteiger partial charge is 0.341 e. The summed E-state index contributed by atoms with van der Waals surface area (Å²) in [7, 11) is 0. The number of hydrogen-bond acceptors (Lipinski definition) is 7. The number of pyridine rings is 1. The largest absolute Gasteiger partial charge is 0.462 e. The van der Waals surface area contributed by atoms with Crippen LogP contribution in [0.2, 0.25) is 0 Å². The number of carbonyl (C=O) groups is 2. The fourth-order valence-electron chi connectivity index (χ4n) is 4.74. The van der Waals surface area contributed by atoms with E-state index in [1.807, 2.05) is 0 Å². The predicted octanol–water partition coefficient (Wildman–Crippen LogP) is 5.52. The lowest BCUT2D eigenvalue weighted by molar-refractivity contribution is 0.0526. The number of nitrogens with zero attached hydrogens (tertiary/aromatic N) is 1. The molecule has 168 valence electrons. The van der Waals surface area contributed by atoms with Gasteiger partial charge in [0.15, 0.2) is 0 Å². The summed E-state index contributed by atoms with van der Waals surface area (Å²) in [5, 5.41) is 4.41. The van der Waals surface area contributed by atoms with Gasteiger partial charge >= 0.3 is 5.97 Å². The first-order valence-electron chi connectivity index (χ1n) is 11.4. The minimum absolute atomic E-state index is 0.287. The Morgan fingerprint density at radius 1 is 1.09 bits per heavy atom. The van der Waals surface area contributed by atoms with Crippen molar-refractivity contribution in [2.75, 3.05) is 17.7 Å². The van der Waals surface area contributed by atoms with Crippen LogP contribution in [0, 0.1) is 0 Å². The van der Waals surface area contributed by atoms with Crippen LogP contribution in [0.15, 0.2) is 6.07 Å². The molecule has 0 atom stereocenters. The van der Waals surface area contributed by atoms with Crippen LogP contribution in [-0.2, 0) is 30.4 Å². The summed E-state index contributed by atoms with van der Waals surface area (Å²) in [6.07, 6.45) is 9.45. The molecule has 3 N–H and O–H groups in total. The van der Waals surface area contributed by atoms with Gasteiger partial charge in [0.25, 0.3) is 5.91 Å². The van der Waals surface area contributed by atoms with Crippen LogP contribution in [0.3, 0.4) is 0 Å². The quantitative estimate of drug-likeness (QED) is 0.388. The number of amides is 1. The molecular weight excluding hydrogens is 442 g/mol. The van der Waals surface area contributed by atoms with Gasteiger partial charge in [0.05, 0.1) is 17.9 Å². The zero-order chi connectivity index (χ0) is 22.2. The molecule has 2 aliphatic rings. The van der Waals surface area contributed by atoms with Crippen LogP contribution < -0.4 is 11.1 Å². The van der Waals surface area contributed by atoms with E-state index in [-0.39, 0.29) is 11.9 Å². The SMILES string of the molecule is CCOC(=O)c1c(NC(=O)c2sc3nc4c(cc3c2N)CCCCC4)sc2c1CCCC2. The molecule has 3 aromatic rings. The van der Waals surface area contributed by atoms with E-state index in [4.69, 9.17) is 15.5 Å². The lowest BCUT2D eigenvalue weighted by atomic mass is 9.95. The molecule has 6 nitrogen and oxygen atoms in total. The van der Waals surface area contributed by atoms with Crippen LogP contribution in [-0.4, -0.2) is 23.5 Å². The topological polar surface area (TPSA) is 94.3 Å². The molecule has 2 aliphatic carbocycles. The predicted molar refractivity (Wildman–Crippen MR) is 130 cm³/mol. The lowest BCUT2D eigenvalue weighted by Gasteiger charge is -2.12. The molecule has 0 radical (unpaired) electrons. The summed E-state index contributed by atoms with van der Waals surface area (Å²) >= 11 is 2.82. The van der Waals surface area contributed by atoms with Gasteiger partial charge in [0.1, 0.15) is 14.7 Å². The van der Waals surface area contributed by atoms with Crippen LogP contribution in [0.5, 0.6) is 0 Å². The van der Waals surface area contributed by atoms with Crippen molar-refractivity contribution in [3.05, 3.63) is 38.2 Å². The number of aryl methyl sites for hydroxylation is 3. The van der Waals surface area contributed by atoms with Crippen molar-refractivity contribution in [3.63, 3.8) is 0 Å². The Bertz CT molecular complexity index is 1210. The monoisotopic (exact) mass is 469 g/mol. The van der Waals surface area contributed by atoms with E-state index in [0.717, 1.165) is 72.8 Å². The average Bonchev–Trinajstić information content (AvgIpc) is 3.20. The number of ether oxygens (including phenoxy) is 1. The number of thiophene rings is 2. The van der Waals surface area contributed by atoms with E-state index in [0.29, 0.717) is 27.7 Å². The van der Waals surface area contributed by atoms with E-state index in [9.17, 15) is 9.59 Å². The van der Waals surface area contributed by atoms with Gasteiger partial charge in [0, 0.05) is 16.0 Å². The van der Waals surface area contributed by atoms with Crippen LogP contribution >= 0.6 is 22.7 Å². The molecule has 1 amide bonds. The van der Waals surface area contributed by atoms with Gasteiger partial charge in [-0.3, -0.25) is 4.79 Å². The highest BCUT2D eigenvalue weighted by Gasteiger charge is 2.28. The number of nitrogen functional groups attached to an aromatic ring is 1. The van der Waals surface area contributed by atoms with Crippen molar-refractivity contribution < 1.29 is 14.3 Å². The highest BCUT2D eigenvalue weighted by atomic mass is 32.1. The standard InChI is InChI=1S/C24H27N3O3S2/c1-2-30-24(29)18-14-9-6-7-11-17(14)31-23(18)27-21(28)20-19(25)15-12-13-8-4-3-5-10-16(13)26-22(15)32-20/h12H,2-11,25H2,1H3,(H,27,28). The summed E-state index contributed by atoms with van der Waals surface area (Å²) in [5.74, 6) is -0.651. The van der Waals surface area contributed by atoms with Crippen molar-refractivity contribution in [1.29, 1.82) is 0 Å². The van der Waals surface area contributed by atoms with Gasteiger partial charge in [-0.05, 0) is 75.5 Å². The van der Waals surface area contributed by atoms with E-state index >= 15 is 0 Å². The molecule has 5 rings (SSSR count). The minimum atomic E-state index is -0.364. The molecule has 32 heavy (non-hydrogen) atoms. The molecule has 0 saturated carbocycles. The molecule has 0 aromatic carbocycles. The highest BCUT2D eigenvalue weighted by Crippen LogP contribution is 2.40. The van der Waals surface area contributed by atoms with Crippen molar-refractivity contribution in [2.45, 2.75) is 64.7 Å². The summed E-state index contributed by atoms with van der Waals surface area (Å²) < 4.78 is 5.30. The van der Waals surface area contributed by atoms with Gasteiger partial charge in [-0.15, -0.1) is 22.7 Å². The first kappa shape index (κ1) is 21.4. The first-order valence-corrected chi connectivity index (χ1v) is 13.0. The number of nitrogens with one attached hydrogen (secondary N) is 1. The summed E-state index contributed by atoms with van der Waals surface area (Å²) in [5.41, 5.74) is 10.8. The molecule has 3 heterocycles. The normalized spacial score (nSPS) is 15.7. The van der Waals surface area contributed by atoms with Crippen molar-refractivity contribution >= 4 is 55.5 Å². The maximum Gasteiger partial charge on any atom is 0.341 e. The molecule has 8 heteroatoms. The molecule has 0 saturated heterocycles. The maximum absolute atomic E-state index is 13.3. The third-order valence-corrected chi connectivity index (χ3v) is 8.65. The van der Waals surface area contributed by atoms with Gasteiger partial charge in [-0.25, -0.2) is 9.78 Å². The van der Waals surface area contributed by atoms with Gasteiger partial charge in [-0.2, -0.15) is 0 Å². The van der Waals surface area contributed by atoms with Gasteiger partial charge < -0.3 is 15.8 Å². The Kier molecular flexibility index (Phi) is 5.90. The molecule has 0 unspecified atom stereocenters. The second-order valence-corrected chi connectivity index (χ2v) is 10.5. The fourth-order valence-corrected chi connectivity index (χ4v) is 7.00. The summed E-state index contributed by atoms with van der Waals surface area (Å²) in [6, 6.07) is 2.12. The lowest BCUT2D eigenvalue weighted by Crippen LogP contribution is -2.15. The third kappa shape index (κ3) is 3.79. The van der Waals surface area contributed by atoms with Crippen molar-refractivity contribution in [1.82, 2.24) is 4.98 Å². The fraction of sp³-hybridized carbons (Fsp3) is 0.458. The van der Waals surface area contributed by atoms with E-state index in [1.54, 1.807) is 6.92 Å². The first-order chi connectivity index (χ1) is 15.6. The molecule has 0 fully saturated rings. The number of aromatic nitrogens is 1. The van der Waals surface area contributed by atoms with Gasteiger partial charge in [0.2, 0.25) is 0 Å². The molecular formula is C24H27N3O3S2. The maximum atomic E-state index is 13.3. The number of esters is 1. The summed E-state index contributed by atoms with van der Waals surface area (Å²) in [6.45, 7) is 2.10.